The summed E-state index contributed by atoms with van der Waals surface area (Å²) in [7, 11) is 0. The molecule has 128 valence electrons. The number of likely N-dealkylation sites (tertiary alicyclic amines) is 1. The molecule has 2 unspecified atom stereocenters. The molecule has 0 aliphatic carbocycles. The minimum Gasteiger partial charge on any atom is -0.484 e. The molecule has 6 nitrogen and oxygen atoms in total. The van der Waals surface area contributed by atoms with Crippen molar-refractivity contribution in [3.05, 3.63) is 30.3 Å². The highest BCUT2D eigenvalue weighted by Gasteiger charge is 2.31. The van der Waals surface area contributed by atoms with E-state index < -0.39 is 0 Å². The summed E-state index contributed by atoms with van der Waals surface area (Å²) in [5, 5.41) is 2.60. The maximum Gasteiger partial charge on any atom is 0.258 e. The van der Waals surface area contributed by atoms with Crippen molar-refractivity contribution in [1.29, 1.82) is 0 Å². The van der Waals surface area contributed by atoms with Gasteiger partial charge in [-0.1, -0.05) is 18.2 Å². The fraction of sp³-hybridized carbons (Fsp3) is 0.500. The first kappa shape index (κ1) is 19.3. The number of hydrogen-bond acceptors (Lipinski definition) is 4. The molecule has 0 bridgehead atoms. The first-order valence-electron chi connectivity index (χ1n) is 7.54. The van der Waals surface area contributed by atoms with Crippen molar-refractivity contribution in [3.8, 4) is 5.75 Å². The van der Waals surface area contributed by atoms with Gasteiger partial charge in [-0.2, -0.15) is 0 Å². The second kappa shape index (κ2) is 9.37. The summed E-state index contributed by atoms with van der Waals surface area (Å²) in [6, 6.07) is 9.27. The number of ether oxygens (including phenoxy) is 1. The number of para-hydroxylation sites is 1. The molecular formula is C16H24ClN3O3. The van der Waals surface area contributed by atoms with E-state index in [2.05, 4.69) is 5.32 Å². The lowest BCUT2D eigenvalue weighted by Gasteiger charge is -2.21. The smallest absolute Gasteiger partial charge is 0.258 e. The number of nitrogens with two attached hydrogens (primary N) is 1. The number of carbonyl (C=O) groups is 2. The van der Waals surface area contributed by atoms with Crippen LogP contribution in [0.3, 0.4) is 0 Å². The molecule has 0 saturated carbocycles. The standard InChI is InChI=1S/C16H23N3O3.ClH/c1-12-7-13(8-17)10-19(12)16(21)9-18-15(20)11-22-14-5-3-2-4-6-14;/h2-6,12-13H,7-11,17H2,1H3,(H,18,20);1H. The van der Waals surface area contributed by atoms with Gasteiger partial charge in [0, 0.05) is 12.6 Å². The topological polar surface area (TPSA) is 84.7 Å². The molecule has 1 aliphatic rings. The zero-order valence-corrected chi connectivity index (χ0v) is 14.1. The number of nitrogens with zero attached hydrogens (tertiary/aromatic N) is 1. The van der Waals surface area contributed by atoms with Crippen molar-refractivity contribution in [2.24, 2.45) is 11.7 Å². The molecule has 1 fully saturated rings. The van der Waals surface area contributed by atoms with Crippen LogP contribution in [0, 0.1) is 5.92 Å². The third-order valence-corrected chi connectivity index (χ3v) is 3.86. The normalized spacial score (nSPS) is 19.8. The molecular weight excluding hydrogens is 318 g/mol. The average molecular weight is 342 g/mol. The summed E-state index contributed by atoms with van der Waals surface area (Å²) in [5.74, 6) is 0.606. The van der Waals surface area contributed by atoms with Crippen LogP contribution in [0.2, 0.25) is 0 Å². The Labute approximate surface area is 142 Å². The van der Waals surface area contributed by atoms with E-state index in [-0.39, 0.29) is 43.4 Å². The molecule has 1 aliphatic heterocycles. The van der Waals surface area contributed by atoms with Crippen molar-refractivity contribution in [2.75, 3.05) is 26.2 Å². The molecule has 2 atom stereocenters. The van der Waals surface area contributed by atoms with Crippen molar-refractivity contribution >= 4 is 24.2 Å². The van der Waals surface area contributed by atoms with E-state index in [0.717, 1.165) is 6.42 Å². The molecule has 23 heavy (non-hydrogen) atoms. The Kier molecular flexibility index (Phi) is 7.85. The Morgan fingerprint density at radius 1 is 1.35 bits per heavy atom. The quantitative estimate of drug-likeness (QED) is 0.801. The molecule has 0 aromatic heterocycles. The third kappa shape index (κ3) is 5.73. The summed E-state index contributed by atoms with van der Waals surface area (Å²) in [5.41, 5.74) is 5.65. The third-order valence-electron chi connectivity index (χ3n) is 3.86. The van der Waals surface area contributed by atoms with E-state index >= 15 is 0 Å². The average Bonchev–Trinajstić information content (AvgIpc) is 2.92. The second-order valence-corrected chi connectivity index (χ2v) is 5.61. The van der Waals surface area contributed by atoms with Gasteiger partial charge in [-0.3, -0.25) is 9.59 Å². The minimum absolute atomic E-state index is 0. The van der Waals surface area contributed by atoms with Crippen LogP contribution < -0.4 is 15.8 Å². The van der Waals surface area contributed by atoms with Crippen LogP contribution in [0.1, 0.15) is 13.3 Å². The molecule has 2 rings (SSSR count). The molecule has 1 saturated heterocycles. The number of rotatable bonds is 6. The van der Waals surface area contributed by atoms with Crippen LogP contribution in [-0.4, -0.2) is 49.0 Å². The van der Waals surface area contributed by atoms with E-state index in [4.69, 9.17) is 10.5 Å². The maximum absolute atomic E-state index is 12.1. The predicted octanol–water partition coefficient (Wildman–Crippen LogP) is 0.799. The van der Waals surface area contributed by atoms with Crippen molar-refractivity contribution in [2.45, 2.75) is 19.4 Å². The van der Waals surface area contributed by atoms with E-state index in [0.29, 0.717) is 24.8 Å². The van der Waals surface area contributed by atoms with E-state index in [1.54, 1.807) is 17.0 Å². The van der Waals surface area contributed by atoms with Crippen LogP contribution in [0.5, 0.6) is 5.75 Å². The van der Waals surface area contributed by atoms with Gasteiger partial charge in [-0.15, -0.1) is 12.4 Å². The molecule has 2 amide bonds. The predicted molar refractivity (Wildman–Crippen MR) is 90.5 cm³/mol. The van der Waals surface area contributed by atoms with E-state index in [1.165, 1.54) is 0 Å². The molecule has 1 aromatic carbocycles. The van der Waals surface area contributed by atoms with Crippen LogP contribution in [-0.2, 0) is 9.59 Å². The lowest BCUT2D eigenvalue weighted by Crippen LogP contribution is -2.43. The fourth-order valence-electron chi connectivity index (χ4n) is 2.65. The summed E-state index contributed by atoms with van der Waals surface area (Å²) in [6.07, 6.45) is 0.924. The van der Waals surface area contributed by atoms with Gasteiger partial charge >= 0.3 is 0 Å². The Morgan fingerprint density at radius 2 is 2.04 bits per heavy atom. The first-order chi connectivity index (χ1) is 10.6. The number of nitrogens with one attached hydrogen (secondary N) is 1. The number of hydrogen-bond donors (Lipinski definition) is 2. The number of amides is 2. The van der Waals surface area contributed by atoms with Crippen LogP contribution in [0.15, 0.2) is 30.3 Å². The van der Waals surface area contributed by atoms with Gasteiger partial charge < -0.3 is 20.7 Å². The first-order valence-corrected chi connectivity index (χ1v) is 7.54. The van der Waals surface area contributed by atoms with Crippen molar-refractivity contribution < 1.29 is 14.3 Å². The van der Waals surface area contributed by atoms with Gasteiger partial charge in [0.25, 0.3) is 5.91 Å². The Hall–Kier alpha value is -1.79. The van der Waals surface area contributed by atoms with Gasteiger partial charge in [-0.25, -0.2) is 0 Å². The Morgan fingerprint density at radius 3 is 2.65 bits per heavy atom. The molecule has 3 N–H and O–H groups in total. The van der Waals surface area contributed by atoms with Crippen LogP contribution in [0.4, 0.5) is 0 Å². The summed E-state index contributed by atoms with van der Waals surface area (Å²) in [4.78, 5) is 25.6. The maximum atomic E-state index is 12.1. The fourth-order valence-corrected chi connectivity index (χ4v) is 2.65. The molecule has 1 aromatic rings. The van der Waals surface area contributed by atoms with Gasteiger partial charge in [0.05, 0.1) is 6.54 Å². The van der Waals surface area contributed by atoms with Crippen LogP contribution >= 0.6 is 12.4 Å². The number of halogens is 1. The SMILES string of the molecule is CC1CC(CN)CN1C(=O)CNC(=O)COc1ccccc1.Cl. The highest BCUT2D eigenvalue weighted by molar-refractivity contribution is 5.86. The molecule has 0 radical (unpaired) electrons. The zero-order valence-electron chi connectivity index (χ0n) is 13.2. The Bertz CT molecular complexity index is 513. The summed E-state index contributed by atoms with van der Waals surface area (Å²) < 4.78 is 5.33. The number of carbonyl (C=O) groups excluding carboxylic acids is 2. The molecule has 1 heterocycles. The molecule has 7 heteroatoms. The van der Waals surface area contributed by atoms with Gasteiger partial charge in [0.15, 0.2) is 6.61 Å². The highest BCUT2D eigenvalue weighted by Crippen LogP contribution is 2.21. The van der Waals surface area contributed by atoms with Gasteiger partial charge in [0.1, 0.15) is 5.75 Å². The lowest BCUT2D eigenvalue weighted by molar-refractivity contribution is -0.133. The lowest BCUT2D eigenvalue weighted by atomic mass is 10.1. The Balaban J connectivity index is 0.00000264. The molecule has 0 spiro atoms. The van der Waals surface area contributed by atoms with Crippen molar-refractivity contribution in [3.63, 3.8) is 0 Å². The number of benzene rings is 1. The van der Waals surface area contributed by atoms with Crippen molar-refractivity contribution in [1.82, 2.24) is 10.2 Å². The zero-order chi connectivity index (χ0) is 15.9. The van der Waals surface area contributed by atoms with E-state index in [1.807, 2.05) is 25.1 Å². The van der Waals surface area contributed by atoms with Gasteiger partial charge in [-0.05, 0) is 37.9 Å². The summed E-state index contributed by atoms with van der Waals surface area (Å²) in [6.45, 7) is 3.17. The highest BCUT2D eigenvalue weighted by atomic mass is 35.5. The summed E-state index contributed by atoms with van der Waals surface area (Å²) >= 11 is 0. The second-order valence-electron chi connectivity index (χ2n) is 5.61. The van der Waals surface area contributed by atoms with E-state index in [9.17, 15) is 9.59 Å². The monoisotopic (exact) mass is 341 g/mol. The largest absolute Gasteiger partial charge is 0.484 e. The minimum atomic E-state index is -0.306. The van der Waals surface area contributed by atoms with Gasteiger partial charge in [0.2, 0.25) is 5.91 Å². The van der Waals surface area contributed by atoms with Crippen LogP contribution in [0.25, 0.3) is 0 Å².